The van der Waals surface area contributed by atoms with Crippen molar-refractivity contribution in [1.82, 2.24) is 15.2 Å². The van der Waals surface area contributed by atoms with Crippen LogP contribution in [0, 0.1) is 5.41 Å². The van der Waals surface area contributed by atoms with Gasteiger partial charge in [-0.25, -0.2) is 0 Å². The fraction of sp³-hybridized carbons (Fsp3) is 0.500. The van der Waals surface area contributed by atoms with E-state index in [0.29, 0.717) is 5.41 Å². The lowest BCUT2D eigenvalue weighted by molar-refractivity contribution is 0.137. The Kier molecular flexibility index (Phi) is 4.22. The van der Waals surface area contributed by atoms with Gasteiger partial charge in [-0.3, -0.25) is 4.98 Å². The highest BCUT2D eigenvalue weighted by Gasteiger charge is 2.28. The molecule has 0 radical (unpaired) electrons. The lowest BCUT2D eigenvalue weighted by Gasteiger charge is -2.38. The monoisotopic (exact) mass is 283 g/mol. The van der Waals surface area contributed by atoms with Crippen LogP contribution in [-0.4, -0.2) is 36.6 Å². The molecule has 1 aliphatic rings. The quantitative estimate of drug-likeness (QED) is 0.935. The SMILES string of the molecule is CN1CCC(C)(CNCc2cccc3cnccc23)CC1. The van der Waals surface area contributed by atoms with Gasteiger partial charge < -0.3 is 10.2 Å². The maximum atomic E-state index is 4.20. The molecule has 112 valence electrons. The molecule has 0 spiro atoms. The molecule has 0 aliphatic carbocycles. The maximum absolute atomic E-state index is 4.20. The van der Waals surface area contributed by atoms with Gasteiger partial charge in [-0.1, -0.05) is 25.1 Å². The smallest absolute Gasteiger partial charge is 0.0346 e. The van der Waals surface area contributed by atoms with E-state index in [1.165, 1.54) is 42.3 Å². The van der Waals surface area contributed by atoms with Crippen LogP contribution < -0.4 is 5.32 Å². The van der Waals surface area contributed by atoms with E-state index in [0.717, 1.165) is 13.1 Å². The summed E-state index contributed by atoms with van der Waals surface area (Å²) in [6, 6.07) is 8.58. The summed E-state index contributed by atoms with van der Waals surface area (Å²) < 4.78 is 0. The molecule has 1 aromatic heterocycles. The molecule has 2 aromatic rings. The molecule has 3 nitrogen and oxygen atoms in total. The number of rotatable bonds is 4. The number of nitrogens with zero attached hydrogens (tertiary/aromatic N) is 2. The molecule has 3 rings (SSSR count). The molecule has 0 bridgehead atoms. The third-order valence-electron chi connectivity index (χ3n) is 4.83. The van der Waals surface area contributed by atoms with Crippen LogP contribution in [-0.2, 0) is 6.54 Å². The number of hydrogen-bond acceptors (Lipinski definition) is 3. The Hall–Kier alpha value is -1.45. The fourth-order valence-electron chi connectivity index (χ4n) is 3.18. The summed E-state index contributed by atoms with van der Waals surface area (Å²) >= 11 is 0. The number of pyridine rings is 1. The van der Waals surface area contributed by atoms with Crippen molar-refractivity contribution in [2.24, 2.45) is 5.41 Å². The third-order valence-corrected chi connectivity index (χ3v) is 4.83. The van der Waals surface area contributed by atoms with Crippen LogP contribution in [0.15, 0.2) is 36.7 Å². The third kappa shape index (κ3) is 3.42. The maximum Gasteiger partial charge on any atom is 0.0346 e. The first-order valence-electron chi connectivity index (χ1n) is 7.87. The Morgan fingerprint density at radius 3 is 2.86 bits per heavy atom. The number of likely N-dealkylation sites (tertiary alicyclic amines) is 1. The molecule has 0 atom stereocenters. The van der Waals surface area contributed by atoms with E-state index in [-0.39, 0.29) is 0 Å². The molecule has 1 saturated heterocycles. The second-order valence-corrected chi connectivity index (χ2v) is 6.73. The van der Waals surface area contributed by atoms with Gasteiger partial charge in [0.25, 0.3) is 0 Å². The Bertz CT molecular complexity index is 595. The molecule has 1 aliphatic heterocycles. The van der Waals surface area contributed by atoms with Gasteiger partial charge in [0.05, 0.1) is 0 Å². The molecule has 1 aromatic carbocycles. The van der Waals surface area contributed by atoms with Crippen molar-refractivity contribution in [3.8, 4) is 0 Å². The molecule has 0 amide bonds. The van der Waals surface area contributed by atoms with E-state index < -0.39 is 0 Å². The first-order chi connectivity index (χ1) is 10.2. The predicted molar refractivity (Wildman–Crippen MR) is 88.3 cm³/mol. The topological polar surface area (TPSA) is 28.2 Å². The van der Waals surface area contributed by atoms with Crippen molar-refractivity contribution >= 4 is 10.8 Å². The van der Waals surface area contributed by atoms with Crippen LogP contribution in [0.5, 0.6) is 0 Å². The van der Waals surface area contributed by atoms with E-state index in [1.54, 1.807) is 0 Å². The number of hydrogen-bond donors (Lipinski definition) is 1. The van der Waals surface area contributed by atoms with Gasteiger partial charge in [0.15, 0.2) is 0 Å². The summed E-state index contributed by atoms with van der Waals surface area (Å²) in [4.78, 5) is 6.63. The summed E-state index contributed by atoms with van der Waals surface area (Å²) in [5.41, 5.74) is 1.81. The van der Waals surface area contributed by atoms with Crippen LogP contribution in [0.25, 0.3) is 10.8 Å². The van der Waals surface area contributed by atoms with Crippen molar-refractivity contribution in [2.75, 3.05) is 26.7 Å². The van der Waals surface area contributed by atoms with Crippen molar-refractivity contribution in [2.45, 2.75) is 26.3 Å². The predicted octanol–water partition coefficient (Wildman–Crippen LogP) is 3.06. The minimum atomic E-state index is 0.443. The zero-order valence-electron chi connectivity index (χ0n) is 13.1. The van der Waals surface area contributed by atoms with Crippen LogP contribution >= 0.6 is 0 Å². The van der Waals surface area contributed by atoms with Crippen molar-refractivity contribution in [1.29, 1.82) is 0 Å². The summed E-state index contributed by atoms with van der Waals surface area (Å²) in [6.07, 6.45) is 6.40. The van der Waals surface area contributed by atoms with E-state index in [4.69, 9.17) is 0 Å². The molecule has 2 heterocycles. The number of piperidine rings is 1. The highest BCUT2D eigenvalue weighted by Crippen LogP contribution is 2.29. The Labute approximate surface area is 127 Å². The number of fused-ring (bicyclic) bond motifs is 1. The van der Waals surface area contributed by atoms with Gasteiger partial charge in [-0.05, 0) is 55.4 Å². The lowest BCUT2D eigenvalue weighted by Crippen LogP contribution is -2.41. The molecule has 1 N–H and O–H groups in total. The van der Waals surface area contributed by atoms with Crippen LogP contribution in [0.1, 0.15) is 25.3 Å². The summed E-state index contributed by atoms with van der Waals surface area (Å²) in [5, 5.41) is 6.22. The molecule has 1 fully saturated rings. The summed E-state index contributed by atoms with van der Waals surface area (Å²) in [7, 11) is 2.22. The van der Waals surface area contributed by atoms with Crippen molar-refractivity contribution < 1.29 is 0 Å². The molecular formula is C18H25N3. The van der Waals surface area contributed by atoms with Crippen LogP contribution in [0.4, 0.5) is 0 Å². The van der Waals surface area contributed by atoms with Crippen LogP contribution in [0.2, 0.25) is 0 Å². The van der Waals surface area contributed by atoms with Gasteiger partial charge in [-0.2, -0.15) is 0 Å². The number of aromatic nitrogens is 1. The van der Waals surface area contributed by atoms with Gasteiger partial charge in [0.2, 0.25) is 0 Å². The fourth-order valence-corrected chi connectivity index (χ4v) is 3.18. The normalized spacial score (nSPS) is 19.0. The number of benzene rings is 1. The molecule has 0 saturated carbocycles. The number of nitrogens with one attached hydrogen (secondary N) is 1. The largest absolute Gasteiger partial charge is 0.312 e. The second kappa shape index (κ2) is 6.12. The van der Waals surface area contributed by atoms with Crippen molar-refractivity contribution in [3.05, 3.63) is 42.2 Å². The Morgan fingerprint density at radius 1 is 1.24 bits per heavy atom. The minimum absolute atomic E-state index is 0.443. The van der Waals surface area contributed by atoms with Gasteiger partial charge in [-0.15, -0.1) is 0 Å². The van der Waals surface area contributed by atoms with Gasteiger partial charge in [0, 0.05) is 30.9 Å². The van der Waals surface area contributed by atoms with Crippen LogP contribution in [0.3, 0.4) is 0 Å². The van der Waals surface area contributed by atoms with Gasteiger partial charge >= 0.3 is 0 Å². The second-order valence-electron chi connectivity index (χ2n) is 6.73. The van der Waals surface area contributed by atoms with Gasteiger partial charge in [0.1, 0.15) is 0 Å². The zero-order chi connectivity index (χ0) is 14.7. The summed E-state index contributed by atoms with van der Waals surface area (Å²) in [6.45, 7) is 6.89. The van der Waals surface area contributed by atoms with E-state index in [1.807, 2.05) is 12.4 Å². The molecule has 21 heavy (non-hydrogen) atoms. The standard InChI is InChI=1S/C18H25N3/c1-18(7-10-21(2)11-8-18)14-20-13-16-5-3-4-15-12-19-9-6-17(15)16/h3-6,9,12,20H,7-8,10-11,13-14H2,1-2H3. The molecule has 0 unspecified atom stereocenters. The van der Waals surface area contributed by atoms with Crippen molar-refractivity contribution in [3.63, 3.8) is 0 Å². The Balaban J connectivity index is 1.62. The molecule has 3 heteroatoms. The first kappa shape index (κ1) is 14.5. The van der Waals surface area contributed by atoms with E-state index in [2.05, 4.69) is 53.4 Å². The Morgan fingerprint density at radius 2 is 2.05 bits per heavy atom. The first-order valence-corrected chi connectivity index (χ1v) is 7.87. The highest BCUT2D eigenvalue weighted by atomic mass is 15.1. The van der Waals surface area contributed by atoms with E-state index in [9.17, 15) is 0 Å². The average molecular weight is 283 g/mol. The average Bonchev–Trinajstić information content (AvgIpc) is 2.51. The summed E-state index contributed by atoms with van der Waals surface area (Å²) in [5.74, 6) is 0. The minimum Gasteiger partial charge on any atom is -0.312 e. The molecular weight excluding hydrogens is 258 g/mol. The van der Waals surface area contributed by atoms with E-state index >= 15 is 0 Å². The lowest BCUT2D eigenvalue weighted by atomic mass is 9.80. The zero-order valence-corrected chi connectivity index (χ0v) is 13.1. The highest BCUT2D eigenvalue weighted by molar-refractivity contribution is 5.84.